The Bertz CT molecular complexity index is 194. The molecule has 0 aliphatic carbocycles. The largest absolute Gasteiger partial charge is 0.303 e. The van der Waals surface area contributed by atoms with E-state index in [0.717, 1.165) is 31.7 Å². The van der Waals surface area contributed by atoms with Gasteiger partial charge in [-0.1, -0.05) is 6.08 Å². The molecule has 0 spiro atoms. The van der Waals surface area contributed by atoms with Crippen molar-refractivity contribution in [2.24, 2.45) is 0 Å². The first-order valence-corrected chi connectivity index (χ1v) is 4.36. The molecule has 72 valence electrons. The van der Waals surface area contributed by atoms with Crippen LogP contribution in [0.25, 0.3) is 0 Å². The molecule has 0 saturated heterocycles. The van der Waals surface area contributed by atoms with Gasteiger partial charge in [0.2, 0.25) is 0 Å². The number of rotatable bonds is 8. The van der Waals surface area contributed by atoms with Gasteiger partial charge in [-0.25, -0.2) is 0 Å². The number of unbranched alkanes of at least 4 members (excludes halogenated alkanes) is 2. The summed E-state index contributed by atoms with van der Waals surface area (Å²) in [6.45, 7) is 0. The predicted molar refractivity (Wildman–Crippen MR) is 49.4 cm³/mol. The van der Waals surface area contributed by atoms with Crippen molar-refractivity contribution in [3.63, 3.8) is 0 Å². The average molecular weight is 182 g/mol. The van der Waals surface area contributed by atoms with E-state index in [4.69, 9.17) is 0 Å². The smallest absolute Gasteiger partial charge is 0.145 e. The van der Waals surface area contributed by atoms with E-state index in [2.05, 4.69) is 0 Å². The Morgan fingerprint density at radius 1 is 0.923 bits per heavy atom. The van der Waals surface area contributed by atoms with E-state index in [0.29, 0.717) is 24.8 Å². The number of carbonyl (C=O) groups is 3. The van der Waals surface area contributed by atoms with Crippen LogP contribution in [0, 0.1) is 0 Å². The summed E-state index contributed by atoms with van der Waals surface area (Å²) >= 11 is 0. The molecule has 0 radical (unpaired) electrons. The average Bonchev–Trinajstić information content (AvgIpc) is 2.17. The van der Waals surface area contributed by atoms with E-state index in [9.17, 15) is 14.4 Å². The first kappa shape index (κ1) is 11.8. The van der Waals surface area contributed by atoms with Gasteiger partial charge in [0, 0.05) is 12.8 Å². The van der Waals surface area contributed by atoms with Gasteiger partial charge >= 0.3 is 0 Å². The molecule has 0 saturated carbocycles. The lowest BCUT2D eigenvalue weighted by atomic mass is 10.1. The third-order valence-electron chi connectivity index (χ3n) is 1.63. The second-order valence-corrected chi connectivity index (χ2v) is 2.70. The Morgan fingerprint density at radius 2 is 1.62 bits per heavy atom. The minimum Gasteiger partial charge on any atom is -0.303 e. The maximum Gasteiger partial charge on any atom is 0.145 e. The Labute approximate surface area is 77.8 Å². The zero-order chi connectivity index (χ0) is 9.94. The minimum atomic E-state index is 0.387. The van der Waals surface area contributed by atoms with Crippen LogP contribution in [0.5, 0.6) is 0 Å². The topological polar surface area (TPSA) is 51.2 Å². The summed E-state index contributed by atoms with van der Waals surface area (Å²) in [5, 5.41) is 0. The van der Waals surface area contributed by atoms with Crippen LogP contribution >= 0.6 is 0 Å². The van der Waals surface area contributed by atoms with Crippen LogP contribution in [-0.4, -0.2) is 18.9 Å². The molecular formula is C10H14O3. The van der Waals surface area contributed by atoms with Gasteiger partial charge in [-0.05, 0) is 24.8 Å². The molecule has 0 aromatic rings. The van der Waals surface area contributed by atoms with Crippen molar-refractivity contribution < 1.29 is 14.4 Å². The Kier molecular flexibility index (Phi) is 7.99. The van der Waals surface area contributed by atoms with Gasteiger partial charge in [-0.15, -0.1) is 0 Å². The Balaban J connectivity index is 3.70. The van der Waals surface area contributed by atoms with Gasteiger partial charge < -0.3 is 9.59 Å². The van der Waals surface area contributed by atoms with E-state index in [1.165, 1.54) is 0 Å². The lowest BCUT2D eigenvalue weighted by Gasteiger charge is -1.94. The molecule has 0 atom stereocenters. The fourth-order valence-electron chi connectivity index (χ4n) is 0.923. The summed E-state index contributed by atoms with van der Waals surface area (Å²) in [6, 6.07) is 0. The lowest BCUT2D eigenvalue weighted by Crippen LogP contribution is -1.87. The Hall–Kier alpha value is -1.25. The van der Waals surface area contributed by atoms with E-state index in [-0.39, 0.29) is 0 Å². The van der Waals surface area contributed by atoms with Crippen molar-refractivity contribution in [3.8, 4) is 0 Å². The number of hydrogen-bond acceptors (Lipinski definition) is 3. The zero-order valence-electron chi connectivity index (χ0n) is 7.57. The third kappa shape index (κ3) is 7.12. The van der Waals surface area contributed by atoms with Crippen molar-refractivity contribution in [2.75, 3.05) is 0 Å². The predicted octanol–water partition coefficient (Wildman–Crippen LogP) is 1.46. The van der Waals surface area contributed by atoms with Crippen LogP contribution in [0.3, 0.4) is 0 Å². The quantitative estimate of drug-likeness (QED) is 0.324. The molecular weight excluding hydrogens is 168 g/mol. The van der Waals surface area contributed by atoms with Gasteiger partial charge in [0.05, 0.1) is 0 Å². The molecule has 0 aliphatic heterocycles. The molecule has 0 rings (SSSR count). The van der Waals surface area contributed by atoms with Crippen molar-refractivity contribution in [3.05, 3.63) is 11.6 Å². The van der Waals surface area contributed by atoms with Crippen molar-refractivity contribution in [1.82, 2.24) is 0 Å². The highest BCUT2D eigenvalue weighted by Gasteiger charge is 1.94. The third-order valence-corrected chi connectivity index (χ3v) is 1.63. The monoisotopic (exact) mass is 182 g/mol. The summed E-state index contributed by atoms with van der Waals surface area (Å²) in [7, 11) is 0. The first-order valence-electron chi connectivity index (χ1n) is 4.36. The SMILES string of the molecule is O=CCCC/C=C(/C=O)CCC=O. The van der Waals surface area contributed by atoms with E-state index < -0.39 is 0 Å². The standard InChI is InChI=1S/C10H14O3/c11-7-3-1-2-5-10(9-13)6-4-8-12/h5,7-9H,1-4,6H2/b10-5+. The van der Waals surface area contributed by atoms with E-state index in [1.807, 2.05) is 0 Å². The van der Waals surface area contributed by atoms with Crippen LogP contribution in [0.15, 0.2) is 11.6 Å². The molecule has 3 heteroatoms. The second-order valence-electron chi connectivity index (χ2n) is 2.70. The molecule has 3 nitrogen and oxygen atoms in total. The maximum absolute atomic E-state index is 10.4. The summed E-state index contributed by atoms with van der Waals surface area (Å²) in [5.41, 5.74) is 0.651. The highest BCUT2D eigenvalue weighted by Crippen LogP contribution is 2.04. The van der Waals surface area contributed by atoms with Crippen LogP contribution in [0.1, 0.15) is 32.1 Å². The van der Waals surface area contributed by atoms with Gasteiger partial charge in [0.15, 0.2) is 0 Å². The fraction of sp³-hybridized carbons (Fsp3) is 0.500. The molecule has 0 fully saturated rings. The van der Waals surface area contributed by atoms with Gasteiger partial charge in [0.1, 0.15) is 18.9 Å². The van der Waals surface area contributed by atoms with E-state index in [1.54, 1.807) is 6.08 Å². The summed E-state index contributed by atoms with van der Waals surface area (Å²) in [6.07, 6.45) is 7.13. The number of allylic oxidation sites excluding steroid dienone is 2. The Morgan fingerprint density at radius 3 is 2.15 bits per heavy atom. The van der Waals surface area contributed by atoms with Gasteiger partial charge in [-0.3, -0.25) is 4.79 Å². The number of carbonyl (C=O) groups excluding carboxylic acids is 3. The van der Waals surface area contributed by atoms with Gasteiger partial charge in [0.25, 0.3) is 0 Å². The molecule has 0 amide bonds. The van der Waals surface area contributed by atoms with E-state index >= 15 is 0 Å². The highest BCUT2D eigenvalue weighted by atomic mass is 16.1. The number of hydrogen-bond donors (Lipinski definition) is 0. The lowest BCUT2D eigenvalue weighted by molar-refractivity contribution is -0.108. The maximum atomic E-state index is 10.4. The fourth-order valence-corrected chi connectivity index (χ4v) is 0.923. The second kappa shape index (κ2) is 8.84. The van der Waals surface area contributed by atoms with Crippen molar-refractivity contribution in [2.45, 2.75) is 32.1 Å². The summed E-state index contributed by atoms with van der Waals surface area (Å²) in [4.78, 5) is 30.4. The molecule has 13 heavy (non-hydrogen) atoms. The molecule has 0 bridgehead atoms. The minimum absolute atomic E-state index is 0.387. The van der Waals surface area contributed by atoms with Crippen molar-refractivity contribution in [1.29, 1.82) is 0 Å². The van der Waals surface area contributed by atoms with Crippen LogP contribution < -0.4 is 0 Å². The van der Waals surface area contributed by atoms with Gasteiger partial charge in [-0.2, -0.15) is 0 Å². The molecule has 0 aromatic heterocycles. The van der Waals surface area contributed by atoms with Crippen molar-refractivity contribution >= 4 is 18.9 Å². The molecule has 0 N–H and O–H groups in total. The zero-order valence-corrected chi connectivity index (χ0v) is 7.57. The molecule has 0 unspecified atom stereocenters. The summed E-state index contributed by atoms with van der Waals surface area (Å²) in [5.74, 6) is 0. The molecule has 0 heterocycles. The molecule has 0 aliphatic rings. The number of aldehydes is 3. The molecule has 0 aromatic carbocycles. The highest BCUT2D eigenvalue weighted by molar-refractivity contribution is 5.73. The summed E-state index contributed by atoms with van der Waals surface area (Å²) < 4.78 is 0. The normalized spacial score (nSPS) is 10.9. The van der Waals surface area contributed by atoms with Crippen LogP contribution in [0.2, 0.25) is 0 Å². The van der Waals surface area contributed by atoms with Crippen LogP contribution in [0.4, 0.5) is 0 Å². The van der Waals surface area contributed by atoms with Crippen LogP contribution in [-0.2, 0) is 14.4 Å². The first-order chi connectivity index (χ1) is 6.35.